The summed E-state index contributed by atoms with van der Waals surface area (Å²) in [6.07, 6.45) is -9.28. The number of carbonyl (C=O) groups excluding carboxylic acids is 1. The van der Waals surface area contributed by atoms with Crippen molar-refractivity contribution in [3.63, 3.8) is 0 Å². The van der Waals surface area contributed by atoms with E-state index in [0.29, 0.717) is 18.2 Å². The monoisotopic (exact) mass is 287 g/mol. The molecule has 0 aliphatic carbocycles. The molecule has 1 N–H and O–H groups in total. The van der Waals surface area contributed by atoms with Crippen LogP contribution in [0.1, 0.15) is 5.56 Å². The van der Waals surface area contributed by atoms with Crippen molar-refractivity contribution in [2.24, 2.45) is 0 Å². The molecule has 0 aromatic heterocycles. The summed E-state index contributed by atoms with van der Waals surface area (Å²) in [7, 11) is 0. The molecule has 0 radical (unpaired) electrons. The van der Waals surface area contributed by atoms with Crippen molar-refractivity contribution in [1.82, 2.24) is 0 Å². The Balaban J connectivity index is 3.01. The quantitative estimate of drug-likeness (QED) is 0.682. The first kappa shape index (κ1) is 15.1. The molecule has 0 saturated heterocycles. The lowest BCUT2D eigenvalue weighted by Gasteiger charge is -2.14. The first-order valence-electron chi connectivity index (χ1n) is 4.74. The molecule has 0 bridgehead atoms. The molecule has 19 heavy (non-hydrogen) atoms. The minimum absolute atomic E-state index is 0.0376. The van der Waals surface area contributed by atoms with Crippen molar-refractivity contribution in [3.8, 4) is 5.75 Å². The first-order valence-corrected chi connectivity index (χ1v) is 4.74. The SMILES string of the molecule is O=CNc1cc(C(F)(F)F)ccc1OCC(F)(F)F. The highest BCUT2D eigenvalue weighted by molar-refractivity contribution is 5.75. The maximum atomic E-state index is 12.4. The standard InChI is InChI=1S/C10H7F6NO2/c11-9(12,13)4-19-8-2-1-6(10(14,15)16)3-7(8)17-5-18/h1-3,5H,4H2,(H,17,18). The van der Waals surface area contributed by atoms with Crippen LogP contribution >= 0.6 is 0 Å². The second-order valence-electron chi connectivity index (χ2n) is 3.37. The predicted molar refractivity (Wildman–Crippen MR) is 52.7 cm³/mol. The highest BCUT2D eigenvalue weighted by Crippen LogP contribution is 2.35. The molecule has 1 aromatic rings. The lowest BCUT2D eigenvalue weighted by Crippen LogP contribution is -2.20. The Morgan fingerprint density at radius 2 is 1.79 bits per heavy atom. The van der Waals surface area contributed by atoms with E-state index in [1.165, 1.54) is 0 Å². The average molecular weight is 287 g/mol. The Hall–Kier alpha value is -1.93. The van der Waals surface area contributed by atoms with Gasteiger partial charge in [-0.2, -0.15) is 26.3 Å². The Labute approximate surface area is 103 Å². The highest BCUT2D eigenvalue weighted by atomic mass is 19.4. The molecule has 0 spiro atoms. The molecule has 0 atom stereocenters. The molecule has 9 heteroatoms. The molecule has 1 aromatic carbocycles. The lowest BCUT2D eigenvalue weighted by molar-refractivity contribution is -0.153. The van der Waals surface area contributed by atoms with Gasteiger partial charge in [-0.1, -0.05) is 0 Å². The van der Waals surface area contributed by atoms with Crippen LogP contribution in [0.5, 0.6) is 5.75 Å². The van der Waals surface area contributed by atoms with Gasteiger partial charge in [0.1, 0.15) is 5.75 Å². The van der Waals surface area contributed by atoms with Gasteiger partial charge in [0.15, 0.2) is 6.61 Å². The van der Waals surface area contributed by atoms with Gasteiger partial charge in [0.25, 0.3) is 0 Å². The number of hydrogen-bond acceptors (Lipinski definition) is 2. The van der Waals surface area contributed by atoms with Crippen molar-refractivity contribution < 1.29 is 35.9 Å². The zero-order valence-corrected chi connectivity index (χ0v) is 9.10. The molecule has 106 valence electrons. The van der Waals surface area contributed by atoms with E-state index >= 15 is 0 Å². The second kappa shape index (κ2) is 5.37. The average Bonchev–Trinajstić information content (AvgIpc) is 2.25. The van der Waals surface area contributed by atoms with Gasteiger partial charge in [-0.3, -0.25) is 4.79 Å². The van der Waals surface area contributed by atoms with Crippen LogP contribution in [-0.4, -0.2) is 19.2 Å². The third kappa shape index (κ3) is 4.68. The molecule has 1 rings (SSSR count). The summed E-state index contributed by atoms with van der Waals surface area (Å²) < 4.78 is 77.2. The van der Waals surface area contributed by atoms with Gasteiger partial charge in [0.05, 0.1) is 11.3 Å². The third-order valence-corrected chi connectivity index (χ3v) is 1.91. The maximum Gasteiger partial charge on any atom is 0.422 e. The van der Waals surface area contributed by atoms with Gasteiger partial charge in [0.2, 0.25) is 6.41 Å². The number of nitrogens with one attached hydrogen (secondary N) is 1. The van der Waals surface area contributed by atoms with E-state index in [1.807, 2.05) is 5.32 Å². The van der Waals surface area contributed by atoms with E-state index in [1.54, 1.807) is 0 Å². The Kier molecular flexibility index (Phi) is 4.28. The number of benzene rings is 1. The van der Waals surface area contributed by atoms with Gasteiger partial charge in [0, 0.05) is 0 Å². The number of halogens is 6. The van der Waals surface area contributed by atoms with Crippen molar-refractivity contribution in [1.29, 1.82) is 0 Å². The normalized spacial score (nSPS) is 12.1. The summed E-state index contributed by atoms with van der Waals surface area (Å²) in [5.41, 5.74) is -1.61. The molecule has 0 aliphatic heterocycles. The van der Waals surface area contributed by atoms with Crippen LogP contribution in [0.25, 0.3) is 0 Å². The first-order chi connectivity index (χ1) is 8.63. The summed E-state index contributed by atoms with van der Waals surface area (Å²) in [4.78, 5) is 10.2. The predicted octanol–water partition coefficient (Wildman–Crippen LogP) is 3.21. The minimum atomic E-state index is -4.68. The van der Waals surface area contributed by atoms with Gasteiger partial charge in [-0.15, -0.1) is 0 Å². The molecule has 0 heterocycles. The smallest absolute Gasteiger partial charge is 0.422 e. The summed E-state index contributed by atoms with van der Waals surface area (Å²) >= 11 is 0. The minimum Gasteiger partial charge on any atom is -0.482 e. The number of amides is 1. The summed E-state index contributed by atoms with van der Waals surface area (Å²) in [6.45, 7) is -1.67. The molecule has 0 unspecified atom stereocenters. The fourth-order valence-electron chi connectivity index (χ4n) is 1.17. The van der Waals surface area contributed by atoms with Gasteiger partial charge in [-0.05, 0) is 18.2 Å². The second-order valence-corrected chi connectivity index (χ2v) is 3.37. The van der Waals surface area contributed by atoms with E-state index in [2.05, 4.69) is 4.74 Å². The molecule has 0 aliphatic rings. The summed E-state index contributed by atoms with van der Waals surface area (Å²) in [5, 5.41) is 1.85. The molecular weight excluding hydrogens is 280 g/mol. The maximum absolute atomic E-state index is 12.4. The Morgan fingerprint density at radius 1 is 1.16 bits per heavy atom. The molecule has 1 amide bonds. The van der Waals surface area contributed by atoms with Crippen LogP contribution in [0.15, 0.2) is 18.2 Å². The lowest BCUT2D eigenvalue weighted by atomic mass is 10.2. The van der Waals surface area contributed by atoms with Crippen LogP contribution in [0.3, 0.4) is 0 Å². The van der Waals surface area contributed by atoms with Crippen molar-refractivity contribution in [2.75, 3.05) is 11.9 Å². The van der Waals surface area contributed by atoms with E-state index in [-0.39, 0.29) is 6.41 Å². The third-order valence-electron chi connectivity index (χ3n) is 1.91. The fraction of sp³-hybridized carbons (Fsp3) is 0.300. The zero-order valence-electron chi connectivity index (χ0n) is 9.10. The zero-order chi connectivity index (χ0) is 14.7. The summed E-state index contributed by atoms with van der Waals surface area (Å²) in [6, 6.07) is 1.75. The Morgan fingerprint density at radius 3 is 2.26 bits per heavy atom. The van der Waals surface area contributed by atoms with Crippen LogP contribution < -0.4 is 10.1 Å². The van der Waals surface area contributed by atoms with Crippen molar-refractivity contribution in [2.45, 2.75) is 12.4 Å². The number of anilines is 1. The molecule has 0 saturated carbocycles. The van der Waals surface area contributed by atoms with Gasteiger partial charge < -0.3 is 10.1 Å². The van der Waals surface area contributed by atoms with Crippen molar-refractivity contribution in [3.05, 3.63) is 23.8 Å². The van der Waals surface area contributed by atoms with Crippen LogP contribution in [0.4, 0.5) is 32.0 Å². The Bertz CT molecular complexity index is 454. The molecule has 3 nitrogen and oxygen atoms in total. The van der Waals surface area contributed by atoms with E-state index in [4.69, 9.17) is 0 Å². The highest BCUT2D eigenvalue weighted by Gasteiger charge is 2.32. The summed E-state index contributed by atoms with van der Waals surface area (Å²) in [5.74, 6) is -0.502. The van der Waals surface area contributed by atoms with Gasteiger partial charge >= 0.3 is 12.4 Å². The van der Waals surface area contributed by atoms with E-state index in [9.17, 15) is 31.1 Å². The number of carbonyl (C=O) groups is 1. The molecular formula is C10H7F6NO2. The largest absolute Gasteiger partial charge is 0.482 e. The van der Waals surface area contributed by atoms with Crippen LogP contribution in [-0.2, 0) is 11.0 Å². The van der Waals surface area contributed by atoms with Gasteiger partial charge in [-0.25, -0.2) is 0 Å². The number of rotatable bonds is 4. The topological polar surface area (TPSA) is 38.3 Å². The van der Waals surface area contributed by atoms with Crippen molar-refractivity contribution >= 4 is 12.1 Å². The number of ether oxygens (including phenoxy) is 1. The number of alkyl halides is 6. The van der Waals surface area contributed by atoms with Crippen LogP contribution in [0.2, 0.25) is 0 Å². The number of hydrogen-bond donors (Lipinski definition) is 1. The fourth-order valence-corrected chi connectivity index (χ4v) is 1.17. The van der Waals surface area contributed by atoms with Crippen LogP contribution in [0, 0.1) is 0 Å². The molecule has 0 fully saturated rings. The van der Waals surface area contributed by atoms with E-state index in [0.717, 1.165) is 0 Å². The van der Waals surface area contributed by atoms with E-state index < -0.39 is 36.0 Å².